The first-order valence-electron chi connectivity index (χ1n) is 10.2. The maximum atomic E-state index is 12.4. The monoisotopic (exact) mass is 545 g/mol. The zero-order valence-electron chi connectivity index (χ0n) is 18.3. The first-order valence-corrected chi connectivity index (χ1v) is 12.3. The largest absolute Gasteiger partial charge is 0.497 e. The van der Waals surface area contributed by atoms with Gasteiger partial charge in [0.05, 0.1) is 29.1 Å². The van der Waals surface area contributed by atoms with E-state index in [1.54, 1.807) is 37.4 Å². The fraction of sp³-hybridized carbons (Fsp3) is 0.0833. The third kappa shape index (κ3) is 6.35. The molecule has 0 aliphatic heterocycles. The van der Waals surface area contributed by atoms with Crippen molar-refractivity contribution in [2.75, 3.05) is 12.9 Å². The van der Waals surface area contributed by atoms with Crippen molar-refractivity contribution in [1.82, 2.24) is 20.2 Å². The molecule has 0 fully saturated rings. The van der Waals surface area contributed by atoms with Crippen molar-refractivity contribution in [3.05, 3.63) is 87.4 Å². The number of rotatable bonds is 8. The van der Waals surface area contributed by atoms with E-state index in [-0.39, 0.29) is 11.7 Å². The minimum Gasteiger partial charge on any atom is -0.497 e. The van der Waals surface area contributed by atoms with Crippen LogP contribution in [0.25, 0.3) is 17.1 Å². The van der Waals surface area contributed by atoms with Crippen LogP contribution in [0.4, 0.5) is 0 Å². The number of nitrogens with one attached hydrogen (secondary N) is 1. The van der Waals surface area contributed by atoms with Crippen LogP contribution in [0.1, 0.15) is 5.56 Å². The van der Waals surface area contributed by atoms with Gasteiger partial charge in [-0.15, -0.1) is 10.2 Å². The Kier molecular flexibility index (Phi) is 8.30. The Labute approximate surface area is 221 Å². The highest BCUT2D eigenvalue weighted by Gasteiger charge is 2.17. The average Bonchev–Trinajstić information content (AvgIpc) is 3.29. The van der Waals surface area contributed by atoms with E-state index in [9.17, 15) is 4.79 Å². The van der Waals surface area contributed by atoms with Crippen LogP contribution in [0.5, 0.6) is 5.75 Å². The fourth-order valence-corrected chi connectivity index (χ4v) is 4.22. The van der Waals surface area contributed by atoms with Gasteiger partial charge in [0.15, 0.2) is 11.0 Å². The Morgan fingerprint density at radius 1 is 1.03 bits per heavy atom. The van der Waals surface area contributed by atoms with Gasteiger partial charge in [-0.1, -0.05) is 52.6 Å². The number of hydrogen-bond acceptors (Lipinski definition) is 6. The summed E-state index contributed by atoms with van der Waals surface area (Å²) in [4.78, 5) is 12.4. The number of hydrogen-bond donors (Lipinski definition) is 1. The number of methoxy groups -OCH3 is 1. The number of ether oxygens (including phenoxy) is 1. The van der Waals surface area contributed by atoms with Crippen LogP contribution in [-0.4, -0.2) is 39.7 Å². The molecule has 1 aromatic heterocycles. The minimum atomic E-state index is -0.303. The Balaban J connectivity index is 1.51. The maximum absolute atomic E-state index is 12.4. The lowest BCUT2D eigenvalue weighted by molar-refractivity contribution is -0.118. The highest BCUT2D eigenvalue weighted by Crippen LogP contribution is 2.29. The number of carbonyl (C=O) groups excluding carboxylic acids is 1. The topological polar surface area (TPSA) is 81.4 Å². The summed E-state index contributed by atoms with van der Waals surface area (Å²) in [7, 11) is 1.61. The third-order valence-corrected chi connectivity index (χ3v) is 6.67. The summed E-state index contributed by atoms with van der Waals surface area (Å²) in [6.07, 6.45) is 1.49. The first-order chi connectivity index (χ1) is 16.9. The molecule has 0 unspecified atom stereocenters. The van der Waals surface area contributed by atoms with E-state index in [4.69, 9.17) is 39.5 Å². The molecule has 178 valence electrons. The Bertz CT molecular complexity index is 1360. The van der Waals surface area contributed by atoms with Crippen LogP contribution >= 0.6 is 46.6 Å². The second-order valence-electron chi connectivity index (χ2n) is 7.10. The molecule has 0 radical (unpaired) electrons. The van der Waals surface area contributed by atoms with Crippen molar-refractivity contribution >= 4 is 58.7 Å². The lowest BCUT2D eigenvalue weighted by atomic mass is 10.2. The normalized spacial score (nSPS) is 11.1. The van der Waals surface area contributed by atoms with Gasteiger partial charge in [-0.3, -0.25) is 9.36 Å². The van der Waals surface area contributed by atoms with Crippen LogP contribution in [0.3, 0.4) is 0 Å². The molecule has 0 saturated heterocycles. The SMILES string of the molecule is COc1ccc(-c2nnc(SCC(=O)N/N=C\c3ccc(Cl)c(Cl)c3)n2-c2ccc(Cl)cc2)cc1. The standard InChI is InChI=1S/C24H18Cl3N5O2S/c1-34-19-9-3-16(4-10-19)23-30-31-24(32(23)18-7-5-17(25)6-8-18)35-14-22(33)29-28-13-15-2-11-20(26)21(27)12-15/h2-13H,14H2,1H3,(H,29,33)/b28-13-. The number of thioether (sulfide) groups is 1. The zero-order valence-corrected chi connectivity index (χ0v) is 21.4. The number of carbonyl (C=O) groups is 1. The summed E-state index contributed by atoms with van der Waals surface area (Å²) >= 11 is 19.2. The number of aromatic nitrogens is 3. The summed E-state index contributed by atoms with van der Waals surface area (Å²) in [5, 5.41) is 14.7. The number of halogens is 3. The molecule has 1 heterocycles. The lowest BCUT2D eigenvalue weighted by Crippen LogP contribution is -2.20. The summed E-state index contributed by atoms with van der Waals surface area (Å²) in [6, 6.07) is 19.9. The Morgan fingerprint density at radius 3 is 2.46 bits per heavy atom. The van der Waals surface area contributed by atoms with Crippen LogP contribution in [0.15, 0.2) is 77.0 Å². The Morgan fingerprint density at radius 2 is 1.77 bits per heavy atom. The van der Waals surface area contributed by atoms with Crippen LogP contribution < -0.4 is 10.2 Å². The first kappa shape index (κ1) is 25.1. The van der Waals surface area contributed by atoms with Crippen LogP contribution in [0, 0.1) is 0 Å². The quantitative estimate of drug-likeness (QED) is 0.163. The van der Waals surface area contributed by atoms with Gasteiger partial charge in [0.25, 0.3) is 5.91 Å². The Hall–Kier alpha value is -3.04. The molecular weight excluding hydrogens is 529 g/mol. The van der Waals surface area contributed by atoms with Gasteiger partial charge in [-0.25, -0.2) is 5.43 Å². The number of nitrogens with zero attached hydrogens (tertiary/aromatic N) is 4. The molecule has 35 heavy (non-hydrogen) atoms. The fourth-order valence-electron chi connectivity index (χ4n) is 3.05. The number of benzene rings is 3. The highest BCUT2D eigenvalue weighted by molar-refractivity contribution is 7.99. The molecule has 7 nitrogen and oxygen atoms in total. The van der Waals surface area contributed by atoms with Crippen molar-refractivity contribution in [2.45, 2.75) is 5.16 Å². The molecule has 1 amide bonds. The third-order valence-electron chi connectivity index (χ3n) is 4.75. The summed E-state index contributed by atoms with van der Waals surface area (Å²) < 4.78 is 7.11. The predicted molar refractivity (Wildman–Crippen MR) is 141 cm³/mol. The van der Waals surface area contributed by atoms with Crippen LogP contribution in [-0.2, 0) is 4.79 Å². The highest BCUT2D eigenvalue weighted by atomic mass is 35.5. The van der Waals surface area contributed by atoms with Gasteiger partial charge in [0.2, 0.25) is 0 Å². The van der Waals surface area contributed by atoms with E-state index in [2.05, 4.69) is 20.7 Å². The van der Waals surface area contributed by atoms with Gasteiger partial charge in [0.1, 0.15) is 5.75 Å². The molecular formula is C24H18Cl3N5O2S. The van der Waals surface area contributed by atoms with E-state index in [0.717, 1.165) is 17.0 Å². The van der Waals surface area contributed by atoms with Crippen molar-refractivity contribution in [3.63, 3.8) is 0 Å². The van der Waals surface area contributed by atoms with Crippen molar-refractivity contribution < 1.29 is 9.53 Å². The van der Waals surface area contributed by atoms with Gasteiger partial charge in [0, 0.05) is 16.3 Å². The second-order valence-corrected chi connectivity index (χ2v) is 9.30. The molecule has 4 aromatic rings. The molecule has 0 bridgehead atoms. The van der Waals surface area contributed by atoms with Gasteiger partial charge < -0.3 is 4.74 Å². The summed E-state index contributed by atoms with van der Waals surface area (Å²) in [5.41, 5.74) is 4.86. The predicted octanol–water partition coefficient (Wildman–Crippen LogP) is 6.15. The van der Waals surface area contributed by atoms with Gasteiger partial charge >= 0.3 is 0 Å². The molecule has 1 N–H and O–H groups in total. The van der Waals surface area contributed by atoms with Crippen LogP contribution in [0.2, 0.25) is 15.1 Å². The number of amides is 1. The average molecular weight is 547 g/mol. The molecule has 0 atom stereocenters. The molecule has 11 heteroatoms. The molecule has 4 rings (SSSR count). The van der Waals surface area contributed by atoms with Gasteiger partial charge in [-0.05, 0) is 66.2 Å². The molecule has 0 aliphatic carbocycles. The van der Waals surface area contributed by atoms with E-state index >= 15 is 0 Å². The lowest BCUT2D eigenvalue weighted by Gasteiger charge is -2.11. The minimum absolute atomic E-state index is 0.0764. The maximum Gasteiger partial charge on any atom is 0.250 e. The summed E-state index contributed by atoms with van der Waals surface area (Å²) in [5.74, 6) is 1.13. The summed E-state index contributed by atoms with van der Waals surface area (Å²) in [6.45, 7) is 0. The number of hydrazone groups is 1. The molecule has 0 saturated carbocycles. The van der Waals surface area contributed by atoms with Crippen molar-refractivity contribution in [1.29, 1.82) is 0 Å². The van der Waals surface area contributed by atoms with Gasteiger partial charge in [-0.2, -0.15) is 5.10 Å². The van der Waals surface area contributed by atoms with E-state index in [0.29, 0.717) is 31.6 Å². The van der Waals surface area contributed by atoms with E-state index in [1.165, 1.54) is 18.0 Å². The van der Waals surface area contributed by atoms with Crippen molar-refractivity contribution in [3.8, 4) is 22.8 Å². The zero-order chi connectivity index (χ0) is 24.8. The van der Waals surface area contributed by atoms with E-state index in [1.807, 2.05) is 41.0 Å². The molecule has 0 aliphatic rings. The van der Waals surface area contributed by atoms with Crippen molar-refractivity contribution in [2.24, 2.45) is 5.10 Å². The molecule has 0 spiro atoms. The molecule has 3 aromatic carbocycles. The smallest absolute Gasteiger partial charge is 0.250 e. The van der Waals surface area contributed by atoms with E-state index < -0.39 is 0 Å². The second kappa shape index (κ2) is 11.6.